The van der Waals surface area contributed by atoms with Crippen molar-refractivity contribution in [2.45, 2.75) is 70.8 Å². The molecule has 0 unspecified atom stereocenters. The zero-order valence-corrected chi connectivity index (χ0v) is 9.06. The molecule has 0 bridgehead atoms. The lowest BCUT2D eigenvalue weighted by Gasteiger charge is -2.26. The van der Waals surface area contributed by atoms with Gasteiger partial charge < -0.3 is 4.74 Å². The summed E-state index contributed by atoms with van der Waals surface area (Å²) in [6.45, 7) is 3.29. The Balaban J connectivity index is 1.68. The number of rotatable bonds is 8. The molecule has 1 heterocycles. The lowest BCUT2D eigenvalue weighted by Crippen LogP contribution is -2.26. The Morgan fingerprint density at radius 1 is 1.00 bits per heavy atom. The molecule has 0 radical (unpaired) electrons. The summed E-state index contributed by atoms with van der Waals surface area (Å²) in [5.74, 6) is 0. The van der Waals surface area contributed by atoms with E-state index in [9.17, 15) is 0 Å². The first-order valence-electron chi connectivity index (χ1n) is 6.05. The van der Waals surface area contributed by atoms with E-state index in [0.717, 1.165) is 6.61 Å². The molecule has 1 rings (SSSR count). The van der Waals surface area contributed by atoms with Gasteiger partial charge in [0.2, 0.25) is 0 Å². The molecular formula is C12H24O. The van der Waals surface area contributed by atoms with Crippen LogP contribution in [-0.4, -0.2) is 12.7 Å². The largest absolute Gasteiger partial charge is 0.378 e. The third-order valence-electron chi connectivity index (χ3n) is 2.92. The van der Waals surface area contributed by atoms with Crippen LogP contribution in [0.2, 0.25) is 0 Å². The molecule has 1 heteroatoms. The van der Waals surface area contributed by atoms with Gasteiger partial charge in [-0.05, 0) is 12.8 Å². The number of hydrogen-bond acceptors (Lipinski definition) is 1. The Labute approximate surface area is 82.9 Å². The Hall–Kier alpha value is -0.0400. The fourth-order valence-corrected chi connectivity index (χ4v) is 1.84. The van der Waals surface area contributed by atoms with Crippen LogP contribution < -0.4 is 0 Å². The SMILES string of the molecule is CCCCCCCCC[C@@H]1CCO1. The van der Waals surface area contributed by atoms with Gasteiger partial charge in [0.1, 0.15) is 0 Å². The topological polar surface area (TPSA) is 9.23 Å². The zero-order valence-electron chi connectivity index (χ0n) is 9.06. The van der Waals surface area contributed by atoms with Crippen LogP contribution in [0.4, 0.5) is 0 Å². The predicted molar refractivity (Wildman–Crippen MR) is 57.0 cm³/mol. The molecule has 1 aliphatic heterocycles. The summed E-state index contributed by atoms with van der Waals surface area (Å²) in [5, 5.41) is 0. The summed E-state index contributed by atoms with van der Waals surface area (Å²) in [6.07, 6.45) is 13.2. The van der Waals surface area contributed by atoms with Gasteiger partial charge >= 0.3 is 0 Å². The maximum atomic E-state index is 5.38. The predicted octanol–water partition coefficient (Wildman–Crippen LogP) is 3.92. The highest BCUT2D eigenvalue weighted by atomic mass is 16.5. The van der Waals surface area contributed by atoms with Gasteiger partial charge in [0.05, 0.1) is 6.10 Å². The molecule has 0 aliphatic carbocycles. The number of ether oxygens (including phenoxy) is 1. The van der Waals surface area contributed by atoms with E-state index in [1.165, 1.54) is 57.8 Å². The van der Waals surface area contributed by atoms with Crippen LogP contribution in [0.25, 0.3) is 0 Å². The van der Waals surface area contributed by atoms with Crippen molar-refractivity contribution in [1.29, 1.82) is 0 Å². The van der Waals surface area contributed by atoms with Crippen LogP contribution in [0.1, 0.15) is 64.7 Å². The monoisotopic (exact) mass is 184 g/mol. The van der Waals surface area contributed by atoms with Gasteiger partial charge in [0, 0.05) is 6.61 Å². The van der Waals surface area contributed by atoms with Crippen molar-refractivity contribution < 1.29 is 4.74 Å². The number of unbranched alkanes of at least 4 members (excludes halogenated alkanes) is 6. The lowest BCUT2D eigenvalue weighted by atomic mass is 10.0. The summed E-state index contributed by atoms with van der Waals surface area (Å²) in [5.41, 5.74) is 0. The van der Waals surface area contributed by atoms with Crippen molar-refractivity contribution >= 4 is 0 Å². The molecule has 0 amide bonds. The highest BCUT2D eigenvalue weighted by Crippen LogP contribution is 2.18. The lowest BCUT2D eigenvalue weighted by molar-refractivity contribution is -0.0555. The Morgan fingerprint density at radius 3 is 2.15 bits per heavy atom. The molecular weight excluding hydrogens is 160 g/mol. The van der Waals surface area contributed by atoms with E-state index in [2.05, 4.69) is 6.92 Å². The molecule has 78 valence electrons. The molecule has 1 aliphatic rings. The van der Waals surface area contributed by atoms with Gasteiger partial charge in [0.25, 0.3) is 0 Å². The van der Waals surface area contributed by atoms with Crippen LogP contribution in [0.5, 0.6) is 0 Å². The molecule has 13 heavy (non-hydrogen) atoms. The summed E-state index contributed by atoms with van der Waals surface area (Å²) in [4.78, 5) is 0. The van der Waals surface area contributed by atoms with Gasteiger partial charge in [-0.25, -0.2) is 0 Å². The maximum absolute atomic E-state index is 5.38. The second-order valence-electron chi connectivity index (χ2n) is 4.19. The van der Waals surface area contributed by atoms with E-state index in [0.29, 0.717) is 6.10 Å². The van der Waals surface area contributed by atoms with Crippen molar-refractivity contribution in [3.05, 3.63) is 0 Å². The first kappa shape index (κ1) is 11.0. The summed E-state index contributed by atoms with van der Waals surface area (Å²) >= 11 is 0. The van der Waals surface area contributed by atoms with E-state index in [4.69, 9.17) is 4.74 Å². The van der Waals surface area contributed by atoms with E-state index in [1.54, 1.807) is 0 Å². The minimum absolute atomic E-state index is 0.635. The van der Waals surface area contributed by atoms with Crippen molar-refractivity contribution in [3.63, 3.8) is 0 Å². The van der Waals surface area contributed by atoms with Gasteiger partial charge in [-0.15, -0.1) is 0 Å². The van der Waals surface area contributed by atoms with Crippen molar-refractivity contribution in [3.8, 4) is 0 Å². The van der Waals surface area contributed by atoms with Crippen LogP contribution in [0.3, 0.4) is 0 Å². The van der Waals surface area contributed by atoms with E-state index in [1.807, 2.05) is 0 Å². The molecule has 0 N–H and O–H groups in total. The van der Waals surface area contributed by atoms with Crippen LogP contribution in [0, 0.1) is 0 Å². The Morgan fingerprint density at radius 2 is 1.62 bits per heavy atom. The van der Waals surface area contributed by atoms with Gasteiger partial charge in [-0.3, -0.25) is 0 Å². The van der Waals surface area contributed by atoms with Gasteiger partial charge in [0.15, 0.2) is 0 Å². The summed E-state index contributed by atoms with van der Waals surface area (Å²) in [6, 6.07) is 0. The van der Waals surface area contributed by atoms with E-state index >= 15 is 0 Å². The maximum Gasteiger partial charge on any atom is 0.0597 e. The van der Waals surface area contributed by atoms with E-state index < -0.39 is 0 Å². The molecule has 0 spiro atoms. The van der Waals surface area contributed by atoms with Gasteiger partial charge in [-0.1, -0.05) is 51.9 Å². The fourth-order valence-electron chi connectivity index (χ4n) is 1.84. The molecule has 1 nitrogen and oxygen atoms in total. The second-order valence-corrected chi connectivity index (χ2v) is 4.19. The third-order valence-corrected chi connectivity index (χ3v) is 2.92. The third kappa shape index (κ3) is 5.30. The Bertz CT molecular complexity index is 108. The average Bonchev–Trinajstić information content (AvgIpc) is 2.07. The number of hydrogen-bond donors (Lipinski definition) is 0. The molecule has 0 aromatic rings. The van der Waals surface area contributed by atoms with E-state index in [-0.39, 0.29) is 0 Å². The molecule has 0 saturated carbocycles. The Kier molecular flexibility index (Phi) is 6.26. The van der Waals surface area contributed by atoms with Gasteiger partial charge in [-0.2, -0.15) is 0 Å². The first-order valence-corrected chi connectivity index (χ1v) is 6.05. The molecule has 0 aromatic carbocycles. The summed E-state index contributed by atoms with van der Waals surface area (Å²) in [7, 11) is 0. The average molecular weight is 184 g/mol. The second kappa shape index (κ2) is 7.37. The van der Waals surface area contributed by atoms with Crippen LogP contribution in [-0.2, 0) is 4.74 Å². The minimum Gasteiger partial charge on any atom is -0.378 e. The highest BCUT2D eigenvalue weighted by molar-refractivity contribution is 4.65. The fraction of sp³-hybridized carbons (Fsp3) is 1.00. The molecule has 1 atom stereocenters. The van der Waals surface area contributed by atoms with Crippen LogP contribution in [0.15, 0.2) is 0 Å². The smallest absolute Gasteiger partial charge is 0.0597 e. The first-order chi connectivity index (χ1) is 6.43. The van der Waals surface area contributed by atoms with Crippen LogP contribution >= 0.6 is 0 Å². The highest BCUT2D eigenvalue weighted by Gasteiger charge is 2.16. The molecule has 1 fully saturated rings. The summed E-state index contributed by atoms with van der Waals surface area (Å²) < 4.78 is 5.38. The quantitative estimate of drug-likeness (QED) is 0.520. The van der Waals surface area contributed by atoms with Crippen molar-refractivity contribution in [1.82, 2.24) is 0 Å². The van der Waals surface area contributed by atoms with Crippen molar-refractivity contribution in [2.75, 3.05) is 6.61 Å². The standard InChI is InChI=1S/C12H24O/c1-2-3-4-5-6-7-8-9-12-10-11-13-12/h12H,2-11H2,1H3/t12-/m1/s1. The minimum atomic E-state index is 0.635. The van der Waals surface area contributed by atoms with Crippen molar-refractivity contribution in [2.24, 2.45) is 0 Å². The normalized spacial score (nSPS) is 21.5. The zero-order chi connectivity index (χ0) is 9.36. The molecule has 0 aromatic heterocycles. The molecule has 1 saturated heterocycles.